The number of aliphatic imine (C=N–C) groups is 1. The third kappa shape index (κ3) is 0.894. The maximum atomic E-state index is 5.57. The molecule has 3 N–H and O–H groups in total. The predicted octanol–water partition coefficient (Wildman–Crippen LogP) is 0.0464. The van der Waals surface area contributed by atoms with Crippen LogP contribution in [0.25, 0.3) is 0 Å². The number of nitrogens with one attached hydrogen (secondary N) is 1. The lowest BCUT2D eigenvalue weighted by Crippen LogP contribution is -2.02. The molecular weight excluding hydrogens is 166 g/mol. The maximum Gasteiger partial charge on any atom is 0.342 e. The number of nitrogens with two attached hydrogens (primary N) is 1. The van der Waals surface area contributed by atoms with Gasteiger partial charge in [-0.15, -0.1) is 0 Å². The molecule has 2 rings (SSSR count). The highest BCUT2D eigenvalue weighted by atomic mass is 35.5. The van der Waals surface area contributed by atoms with E-state index in [0.717, 1.165) is 0 Å². The zero-order valence-electron chi connectivity index (χ0n) is 5.37. The van der Waals surface area contributed by atoms with Gasteiger partial charge in [0, 0.05) is 0 Å². The van der Waals surface area contributed by atoms with Crippen LogP contribution in [0, 0.1) is 0 Å². The molecule has 0 atom stereocenters. The molecule has 0 unspecified atom stereocenters. The Morgan fingerprint density at radius 3 is 3.09 bits per heavy atom. The first-order chi connectivity index (χ1) is 5.27. The van der Waals surface area contributed by atoms with Crippen LogP contribution < -0.4 is 16.0 Å². The second-order valence-electron chi connectivity index (χ2n) is 1.99. The third-order valence-electron chi connectivity index (χ3n) is 1.29. The molecule has 1 aromatic heterocycles. The van der Waals surface area contributed by atoms with Gasteiger partial charge >= 0.3 is 11.1 Å². The Morgan fingerprint density at radius 2 is 2.36 bits per heavy atom. The number of nitrogen functional groups attached to an aromatic ring is 1. The third-order valence-corrected chi connectivity index (χ3v) is 1.47. The smallest absolute Gasteiger partial charge is 0.342 e. The molecule has 0 aromatic carbocycles. The van der Waals surface area contributed by atoms with Crippen LogP contribution in [-0.2, 0) is 0 Å². The monoisotopic (exact) mass is 169 g/mol. The fourth-order valence-electron chi connectivity index (χ4n) is 0.818. The molecule has 2 heterocycles. The second kappa shape index (κ2) is 2.06. The summed E-state index contributed by atoms with van der Waals surface area (Å²) in [7, 11) is 0. The van der Waals surface area contributed by atoms with E-state index in [9.17, 15) is 0 Å². The quantitative estimate of drug-likeness (QED) is 0.538. The van der Waals surface area contributed by atoms with E-state index in [1.165, 1.54) is 6.33 Å². The minimum Gasteiger partial charge on any atom is -0.380 e. The molecule has 0 spiro atoms. The van der Waals surface area contributed by atoms with Crippen molar-refractivity contribution < 1.29 is 0 Å². The van der Waals surface area contributed by atoms with Crippen molar-refractivity contribution in [1.82, 2.24) is 15.0 Å². The number of aromatic nitrogens is 2. The fraction of sp³-hybridized carbons (Fsp3) is 0. The summed E-state index contributed by atoms with van der Waals surface area (Å²) in [5.74, 6) is 0.844. The first-order valence-electron chi connectivity index (χ1n) is 2.89. The van der Waals surface area contributed by atoms with E-state index in [0.29, 0.717) is 17.3 Å². The van der Waals surface area contributed by atoms with Crippen molar-refractivity contribution in [3.8, 4) is 0 Å². The van der Waals surface area contributed by atoms with Crippen molar-refractivity contribution in [3.63, 3.8) is 0 Å². The topological polar surface area (TPSA) is 77.9 Å². The molecule has 1 aliphatic heterocycles. The van der Waals surface area contributed by atoms with Crippen LogP contribution in [0.5, 0.6) is 0 Å². The lowest BCUT2D eigenvalue weighted by Gasteiger charge is -1.91. The van der Waals surface area contributed by atoms with Crippen LogP contribution in [0.4, 0.5) is 17.3 Å². The van der Waals surface area contributed by atoms with Gasteiger partial charge in [0.2, 0.25) is 5.69 Å². The van der Waals surface area contributed by atoms with Crippen molar-refractivity contribution in [1.29, 1.82) is 0 Å². The summed E-state index contributed by atoms with van der Waals surface area (Å²) >= 11 is 5.57. The Kier molecular flexibility index (Phi) is 1.19. The van der Waals surface area contributed by atoms with Crippen LogP contribution in [-0.4, -0.2) is 15.3 Å². The van der Waals surface area contributed by atoms with Crippen LogP contribution in [0.15, 0.2) is 6.33 Å². The summed E-state index contributed by atoms with van der Waals surface area (Å²) < 4.78 is 0. The van der Waals surface area contributed by atoms with Gasteiger partial charge in [0.1, 0.15) is 0 Å². The maximum absolute atomic E-state index is 5.57. The number of fused-ring (bicyclic) bond motifs is 1. The van der Waals surface area contributed by atoms with E-state index < -0.39 is 0 Å². The zero-order valence-corrected chi connectivity index (χ0v) is 6.13. The van der Waals surface area contributed by atoms with Crippen LogP contribution >= 0.6 is 11.6 Å². The number of nitrogens with zero attached hydrogens (tertiary/aromatic N) is 3. The molecule has 55 valence electrons. The molecule has 0 saturated carbocycles. The number of halogens is 1. The molecule has 5 nitrogen and oxygen atoms in total. The Morgan fingerprint density at radius 1 is 1.55 bits per heavy atom. The summed E-state index contributed by atoms with van der Waals surface area (Å²) in [6, 6.07) is 0. The average molecular weight is 170 g/mol. The van der Waals surface area contributed by atoms with Gasteiger partial charge in [0.05, 0.1) is 0 Å². The van der Waals surface area contributed by atoms with Crippen LogP contribution in [0.3, 0.4) is 0 Å². The van der Waals surface area contributed by atoms with E-state index in [1.807, 2.05) is 0 Å². The summed E-state index contributed by atoms with van der Waals surface area (Å²) in [4.78, 5) is 11.5. The first kappa shape index (κ1) is 6.36. The normalized spacial score (nSPS) is 13.7. The second-order valence-corrected chi connectivity index (χ2v) is 2.34. The number of hydrogen-bond donors (Lipinski definition) is 2. The molecule has 0 saturated heterocycles. The lowest BCUT2D eigenvalue weighted by atomic mass is 10.4. The highest BCUT2D eigenvalue weighted by molar-refractivity contribution is 6.68. The number of anilines is 2. The lowest BCUT2D eigenvalue weighted by molar-refractivity contribution is 1.15. The highest BCUT2D eigenvalue weighted by Gasteiger charge is 2.26. The van der Waals surface area contributed by atoms with E-state index >= 15 is 0 Å². The minimum absolute atomic E-state index is 0.271. The van der Waals surface area contributed by atoms with Crippen LogP contribution in [0.1, 0.15) is 0 Å². The summed E-state index contributed by atoms with van der Waals surface area (Å²) in [5, 5.41) is 3.00. The van der Waals surface area contributed by atoms with Crippen molar-refractivity contribution in [2.75, 3.05) is 11.1 Å². The van der Waals surface area contributed by atoms with Gasteiger partial charge in [0.25, 0.3) is 0 Å². The Hall–Kier alpha value is -1.36. The van der Waals surface area contributed by atoms with Gasteiger partial charge < -0.3 is 5.73 Å². The molecule has 6 heteroatoms. The van der Waals surface area contributed by atoms with Gasteiger partial charge in [-0.05, 0) is 16.6 Å². The van der Waals surface area contributed by atoms with Crippen molar-refractivity contribution in [3.05, 3.63) is 6.33 Å². The molecule has 0 bridgehead atoms. The van der Waals surface area contributed by atoms with E-state index in [1.54, 1.807) is 0 Å². The summed E-state index contributed by atoms with van der Waals surface area (Å²) in [6.07, 6.45) is 1.34. The van der Waals surface area contributed by atoms with Crippen molar-refractivity contribution in [2.24, 2.45) is 0 Å². The summed E-state index contributed by atoms with van der Waals surface area (Å²) in [5.41, 5.74) is 6.07. The number of amidine groups is 1. The van der Waals surface area contributed by atoms with Crippen LogP contribution in [0.2, 0.25) is 0 Å². The molecule has 1 radical (unpaired) electrons. The van der Waals surface area contributed by atoms with Gasteiger partial charge in [-0.2, -0.15) is 4.98 Å². The molecule has 11 heavy (non-hydrogen) atoms. The van der Waals surface area contributed by atoms with Gasteiger partial charge in [-0.3, -0.25) is 5.32 Å². The standard InChI is InChI=1S/C5H4ClN5/c6-5-10-2-3(7)8-1-9-4(2)11-5/h1,10H,(H2,7,8,9)/q+1. The average Bonchev–Trinajstić information content (AvgIpc) is 2.31. The number of rotatable bonds is 0. The van der Waals surface area contributed by atoms with Gasteiger partial charge in [-0.1, -0.05) is 4.98 Å². The van der Waals surface area contributed by atoms with Crippen molar-refractivity contribution >= 4 is 34.2 Å². The fourth-order valence-corrected chi connectivity index (χ4v) is 0.993. The van der Waals surface area contributed by atoms with E-state index in [-0.39, 0.29) is 5.29 Å². The Labute approximate surface area is 67.3 Å². The molecule has 1 aromatic rings. The molecule has 1 aliphatic rings. The Bertz CT molecular complexity index is 334. The Balaban J connectivity index is 2.59. The molecule has 0 fully saturated rings. The van der Waals surface area contributed by atoms with Crippen molar-refractivity contribution in [2.45, 2.75) is 0 Å². The molecular formula is C5H4ClN5+. The highest BCUT2D eigenvalue weighted by Crippen LogP contribution is 2.26. The molecule has 0 amide bonds. The predicted molar refractivity (Wildman–Crippen MR) is 42.7 cm³/mol. The van der Waals surface area contributed by atoms with E-state index in [2.05, 4.69) is 20.3 Å². The SMILES string of the molecule is Nc1ncnc2c1NC(Cl)=[N+]2. The number of hydrogen-bond acceptors (Lipinski definition) is 5. The van der Waals surface area contributed by atoms with E-state index in [4.69, 9.17) is 17.3 Å². The molecule has 0 aliphatic carbocycles. The largest absolute Gasteiger partial charge is 0.380 e. The first-order valence-corrected chi connectivity index (χ1v) is 3.27. The summed E-state index contributed by atoms with van der Waals surface area (Å²) in [6.45, 7) is 0. The van der Waals surface area contributed by atoms with Gasteiger partial charge in [0.15, 0.2) is 12.1 Å². The van der Waals surface area contributed by atoms with Gasteiger partial charge in [-0.25, -0.2) is 0 Å². The zero-order chi connectivity index (χ0) is 7.84. The minimum atomic E-state index is 0.271.